The molecule has 0 radical (unpaired) electrons. The van der Waals surface area contributed by atoms with Crippen molar-refractivity contribution in [2.75, 3.05) is 0 Å². The van der Waals surface area contributed by atoms with Crippen LogP contribution in [-0.4, -0.2) is 5.84 Å². The summed E-state index contributed by atoms with van der Waals surface area (Å²) < 4.78 is 0. The van der Waals surface area contributed by atoms with Crippen molar-refractivity contribution in [3.05, 3.63) is 54.1 Å². The van der Waals surface area contributed by atoms with Crippen molar-refractivity contribution in [2.24, 2.45) is 11.1 Å². The van der Waals surface area contributed by atoms with Crippen LogP contribution in [0, 0.1) is 10.8 Å². The van der Waals surface area contributed by atoms with Gasteiger partial charge in [-0.05, 0) is 24.0 Å². The van der Waals surface area contributed by atoms with E-state index in [9.17, 15) is 0 Å². The molecule has 1 aliphatic carbocycles. The zero-order chi connectivity index (χ0) is 15.1. The quantitative estimate of drug-likeness (QED) is 0.397. The highest BCUT2D eigenvalue weighted by atomic mass is 35.5. The lowest BCUT2D eigenvalue weighted by atomic mass is 9.74. The fourth-order valence-corrected chi connectivity index (χ4v) is 2.91. The fraction of sp³-hybridized carbons (Fsp3) is 0.421. The summed E-state index contributed by atoms with van der Waals surface area (Å²) in [6, 6.07) is 10.4. The molecule has 2 rings (SSSR count). The standard InChI is InChI=1S/C19H26N2.ClH/c1-2-3-4-8-13-19(18(20)21)14-11-17(12-15-19)16-9-6-5-7-10-16;/h5-7,9-12,14H,2-4,8,13,15H2,1H3,(H3,20,21);1H. The number of rotatable bonds is 7. The molecular weight excluding hydrogens is 292 g/mol. The van der Waals surface area contributed by atoms with E-state index < -0.39 is 0 Å². The van der Waals surface area contributed by atoms with Gasteiger partial charge in [-0.15, -0.1) is 12.4 Å². The van der Waals surface area contributed by atoms with Gasteiger partial charge in [0.05, 0.1) is 0 Å². The van der Waals surface area contributed by atoms with Crippen LogP contribution in [0.4, 0.5) is 0 Å². The first-order valence-electron chi connectivity index (χ1n) is 7.97. The molecule has 120 valence electrons. The van der Waals surface area contributed by atoms with Gasteiger partial charge in [0.2, 0.25) is 0 Å². The van der Waals surface area contributed by atoms with Crippen LogP contribution in [0.3, 0.4) is 0 Å². The van der Waals surface area contributed by atoms with E-state index in [-0.39, 0.29) is 17.8 Å². The normalized spacial score (nSPS) is 20.1. The highest BCUT2D eigenvalue weighted by Gasteiger charge is 2.31. The topological polar surface area (TPSA) is 49.9 Å². The average Bonchev–Trinajstić information content (AvgIpc) is 2.53. The number of unbranched alkanes of at least 4 members (excludes halogenated alkanes) is 3. The molecule has 3 N–H and O–H groups in total. The van der Waals surface area contributed by atoms with E-state index in [2.05, 4.69) is 49.4 Å². The third kappa shape index (κ3) is 4.48. The molecule has 0 aliphatic heterocycles. The number of hydrogen-bond acceptors (Lipinski definition) is 1. The highest BCUT2D eigenvalue weighted by molar-refractivity contribution is 5.88. The van der Waals surface area contributed by atoms with Gasteiger partial charge in [-0.25, -0.2) is 0 Å². The van der Waals surface area contributed by atoms with Crippen LogP contribution < -0.4 is 5.73 Å². The van der Waals surface area contributed by atoms with Gasteiger partial charge in [0, 0.05) is 5.41 Å². The molecule has 1 aromatic carbocycles. The molecule has 0 saturated heterocycles. The summed E-state index contributed by atoms with van der Waals surface area (Å²) in [6.07, 6.45) is 13.2. The van der Waals surface area contributed by atoms with Crippen molar-refractivity contribution >= 4 is 23.8 Å². The van der Waals surface area contributed by atoms with Crippen LogP contribution in [0.5, 0.6) is 0 Å². The van der Waals surface area contributed by atoms with Crippen molar-refractivity contribution in [1.29, 1.82) is 5.41 Å². The van der Waals surface area contributed by atoms with Crippen molar-refractivity contribution in [2.45, 2.75) is 45.4 Å². The second kappa shape index (κ2) is 8.79. The largest absolute Gasteiger partial charge is 0.387 e. The molecule has 1 aromatic rings. The predicted octanol–water partition coefficient (Wildman–Crippen LogP) is 5.34. The zero-order valence-corrected chi connectivity index (χ0v) is 14.2. The number of nitrogens with two attached hydrogens (primary N) is 1. The molecule has 3 heteroatoms. The summed E-state index contributed by atoms with van der Waals surface area (Å²) in [5, 5.41) is 7.98. The summed E-state index contributed by atoms with van der Waals surface area (Å²) in [4.78, 5) is 0. The Morgan fingerprint density at radius 2 is 1.91 bits per heavy atom. The first-order chi connectivity index (χ1) is 10.2. The third-order valence-corrected chi connectivity index (χ3v) is 4.39. The Morgan fingerprint density at radius 1 is 1.18 bits per heavy atom. The van der Waals surface area contributed by atoms with E-state index >= 15 is 0 Å². The van der Waals surface area contributed by atoms with Gasteiger partial charge in [-0.1, -0.05) is 81.2 Å². The van der Waals surface area contributed by atoms with Crippen LogP contribution in [-0.2, 0) is 0 Å². The second-order valence-corrected chi connectivity index (χ2v) is 5.94. The molecule has 0 aromatic heterocycles. The van der Waals surface area contributed by atoms with Gasteiger partial charge < -0.3 is 5.73 Å². The SMILES string of the molecule is CCCCCCC1(C(=N)N)C=CC(c2ccccc2)=CC1.Cl. The van der Waals surface area contributed by atoms with Crippen molar-refractivity contribution < 1.29 is 0 Å². The molecule has 0 saturated carbocycles. The maximum atomic E-state index is 7.98. The van der Waals surface area contributed by atoms with Gasteiger partial charge in [0.25, 0.3) is 0 Å². The van der Waals surface area contributed by atoms with E-state index in [0.29, 0.717) is 5.84 Å². The van der Waals surface area contributed by atoms with Gasteiger partial charge in [-0.3, -0.25) is 5.41 Å². The molecule has 1 atom stereocenters. The lowest BCUT2D eigenvalue weighted by Crippen LogP contribution is -2.35. The van der Waals surface area contributed by atoms with Crippen LogP contribution in [0.15, 0.2) is 48.6 Å². The molecule has 0 amide bonds. The molecule has 0 fully saturated rings. The molecule has 1 unspecified atom stereocenters. The Hall–Kier alpha value is -1.54. The number of amidine groups is 1. The van der Waals surface area contributed by atoms with Gasteiger partial charge in [0.1, 0.15) is 5.84 Å². The molecule has 0 heterocycles. The maximum Gasteiger partial charge on any atom is 0.101 e. The molecule has 2 nitrogen and oxygen atoms in total. The number of halogens is 1. The Kier molecular flexibility index (Phi) is 7.40. The number of allylic oxidation sites excluding steroid dienone is 3. The summed E-state index contributed by atoms with van der Waals surface area (Å²) in [6.45, 7) is 2.22. The van der Waals surface area contributed by atoms with Crippen LogP contribution in [0.25, 0.3) is 5.57 Å². The molecule has 1 aliphatic rings. The number of nitrogens with one attached hydrogen (secondary N) is 1. The zero-order valence-electron chi connectivity index (χ0n) is 13.3. The summed E-state index contributed by atoms with van der Waals surface area (Å²) in [7, 11) is 0. The summed E-state index contributed by atoms with van der Waals surface area (Å²) in [5.74, 6) is 0.304. The van der Waals surface area contributed by atoms with Crippen molar-refractivity contribution in [1.82, 2.24) is 0 Å². The molecule has 0 bridgehead atoms. The van der Waals surface area contributed by atoms with E-state index in [1.54, 1.807) is 0 Å². The van der Waals surface area contributed by atoms with E-state index in [1.807, 2.05) is 6.07 Å². The minimum atomic E-state index is -0.258. The maximum absolute atomic E-state index is 7.98. The van der Waals surface area contributed by atoms with Gasteiger partial charge in [0.15, 0.2) is 0 Å². The Bertz CT molecular complexity index is 534. The van der Waals surface area contributed by atoms with E-state index in [4.69, 9.17) is 11.1 Å². The molecular formula is C19H27ClN2. The molecule has 0 spiro atoms. The lowest BCUT2D eigenvalue weighted by molar-refractivity contribution is 0.448. The van der Waals surface area contributed by atoms with E-state index in [1.165, 1.54) is 30.4 Å². The van der Waals surface area contributed by atoms with E-state index in [0.717, 1.165) is 19.3 Å². The predicted molar refractivity (Wildman–Crippen MR) is 98.5 cm³/mol. The van der Waals surface area contributed by atoms with Crippen LogP contribution in [0.1, 0.15) is 51.0 Å². The van der Waals surface area contributed by atoms with Gasteiger partial charge >= 0.3 is 0 Å². The Labute approximate surface area is 140 Å². The number of hydrogen-bond donors (Lipinski definition) is 2. The third-order valence-electron chi connectivity index (χ3n) is 4.39. The molecule has 22 heavy (non-hydrogen) atoms. The first kappa shape index (κ1) is 18.5. The summed E-state index contributed by atoms with van der Waals surface area (Å²) >= 11 is 0. The van der Waals surface area contributed by atoms with Crippen molar-refractivity contribution in [3.8, 4) is 0 Å². The minimum absolute atomic E-state index is 0. The van der Waals surface area contributed by atoms with Crippen LogP contribution in [0.2, 0.25) is 0 Å². The fourth-order valence-electron chi connectivity index (χ4n) is 2.91. The minimum Gasteiger partial charge on any atom is -0.387 e. The Balaban J connectivity index is 0.00000242. The van der Waals surface area contributed by atoms with Crippen molar-refractivity contribution in [3.63, 3.8) is 0 Å². The van der Waals surface area contributed by atoms with Gasteiger partial charge in [-0.2, -0.15) is 0 Å². The highest BCUT2D eigenvalue weighted by Crippen LogP contribution is 2.37. The Morgan fingerprint density at radius 3 is 2.45 bits per heavy atom. The smallest absolute Gasteiger partial charge is 0.101 e. The van der Waals surface area contributed by atoms with Crippen LogP contribution >= 0.6 is 12.4 Å². The number of benzene rings is 1. The lowest BCUT2D eigenvalue weighted by Gasteiger charge is -2.31. The summed E-state index contributed by atoms with van der Waals surface area (Å²) in [5.41, 5.74) is 8.12. The average molecular weight is 319 g/mol. The monoisotopic (exact) mass is 318 g/mol. The second-order valence-electron chi connectivity index (χ2n) is 5.94. The first-order valence-corrected chi connectivity index (χ1v) is 7.97.